The Bertz CT molecular complexity index is 677. The van der Waals surface area contributed by atoms with Gasteiger partial charge in [0.1, 0.15) is 18.0 Å². The Morgan fingerprint density at radius 3 is 2.75 bits per heavy atom. The van der Waals surface area contributed by atoms with Crippen molar-refractivity contribution in [1.29, 1.82) is 0 Å². The van der Waals surface area contributed by atoms with Gasteiger partial charge in [-0.25, -0.2) is 4.79 Å². The monoisotopic (exact) mass is 389 g/mol. The van der Waals surface area contributed by atoms with E-state index in [9.17, 15) is 9.90 Å². The number of amides is 1. The lowest BCUT2D eigenvalue weighted by atomic mass is 10.0. The molecule has 4 N–H and O–H groups in total. The van der Waals surface area contributed by atoms with Crippen molar-refractivity contribution in [2.75, 3.05) is 20.2 Å². The number of β-amino-alcohol motifs (C(OH)–C–C–N with tert-alkyl or cyclic N) is 1. The first-order valence-electron chi connectivity index (χ1n) is 10.3. The molecule has 2 aliphatic heterocycles. The Kier molecular flexibility index (Phi) is 5.75. The number of aliphatic hydroxyl groups is 1. The predicted molar refractivity (Wildman–Crippen MR) is 106 cm³/mol. The summed E-state index contributed by atoms with van der Waals surface area (Å²) in [7, 11) is 1.64. The summed E-state index contributed by atoms with van der Waals surface area (Å²) in [5.41, 5.74) is 1.53. The van der Waals surface area contributed by atoms with Crippen molar-refractivity contribution < 1.29 is 19.4 Å². The standard InChI is InChI=1S/C21H31N3O4/c1-27-16-4-2-14(3-5-16)12-17-19(18(25)13-23-17)28-20(26)22-11-7-15-6-8-21(24-15)9-10-21/h2-5,15,17-19,23-25H,6-13H2,1H3,(H,22,26)/t15-,17+,18?,19-/m0/s1. The van der Waals surface area contributed by atoms with Gasteiger partial charge in [-0.05, 0) is 56.2 Å². The van der Waals surface area contributed by atoms with Crippen LogP contribution in [0.25, 0.3) is 0 Å². The minimum Gasteiger partial charge on any atom is -0.497 e. The van der Waals surface area contributed by atoms with E-state index in [4.69, 9.17) is 9.47 Å². The zero-order valence-corrected chi connectivity index (χ0v) is 16.4. The fourth-order valence-corrected chi connectivity index (χ4v) is 4.44. The Morgan fingerprint density at radius 1 is 1.29 bits per heavy atom. The van der Waals surface area contributed by atoms with E-state index in [-0.39, 0.29) is 6.04 Å². The van der Waals surface area contributed by atoms with E-state index in [1.54, 1.807) is 7.11 Å². The molecule has 0 aromatic heterocycles. The molecule has 4 atom stereocenters. The maximum Gasteiger partial charge on any atom is 0.407 e. The summed E-state index contributed by atoms with van der Waals surface area (Å²) in [4.78, 5) is 12.2. The molecule has 1 saturated carbocycles. The van der Waals surface area contributed by atoms with E-state index in [2.05, 4.69) is 16.0 Å². The summed E-state index contributed by atoms with van der Waals surface area (Å²) < 4.78 is 10.7. The highest BCUT2D eigenvalue weighted by atomic mass is 16.6. The first-order valence-corrected chi connectivity index (χ1v) is 10.3. The van der Waals surface area contributed by atoms with Gasteiger partial charge < -0.3 is 30.5 Å². The molecule has 1 aromatic rings. The van der Waals surface area contributed by atoms with Crippen LogP contribution in [-0.2, 0) is 11.2 Å². The first kappa shape index (κ1) is 19.5. The second-order valence-electron chi connectivity index (χ2n) is 8.38. The molecule has 7 heteroatoms. The number of benzene rings is 1. The number of hydrogen-bond donors (Lipinski definition) is 4. The average Bonchev–Trinajstić information content (AvgIpc) is 3.22. The molecule has 154 valence electrons. The summed E-state index contributed by atoms with van der Waals surface area (Å²) in [6.45, 7) is 1.01. The maximum atomic E-state index is 12.2. The molecule has 1 aliphatic carbocycles. The summed E-state index contributed by atoms with van der Waals surface area (Å²) >= 11 is 0. The molecule has 1 spiro atoms. The van der Waals surface area contributed by atoms with Gasteiger partial charge in [-0.1, -0.05) is 12.1 Å². The second-order valence-corrected chi connectivity index (χ2v) is 8.38. The van der Waals surface area contributed by atoms with Crippen molar-refractivity contribution >= 4 is 6.09 Å². The van der Waals surface area contributed by atoms with Crippen molar-refractivity contribution in [2.24, 2.45) is 0 Å². The van der Waals surface area contributed by atoms with Gasteiger partial charge >= 0.3 is 6.09 Å². The van der Waals surface area contributed by atoms with Crippen molar-refractivity contribution in [2.45, 2.75) is 68.4 Å². The number of ether oxygens (including phenoxy) is 2. The smallest absolute Gasteiger partial charge is 0.407 e. The highest BCUT2D eigenvalue weighted by Crippen LogP contribution is 2.44. The number of carbonyl (C=O) groups excluding carboxylic acids is 1. The number of methoxy groups -OCH3 is 1. The molecule has 1 unspecified atom stereocenters. The summed E-state index contributed by atoms with van der Waals surface area (Å²) in [6, 6.07) is 8.18. The molecule has 28 heavy (non-hydrogen) atoms. The molecule has 1 aromatic carbocycles. The SMILES string of the molecule is COc1ccc(C[C@H]2NCC(O)[C@H]2OC(=O)NCC[C@@H]2CCC3(CC3)N2)cc1. The minimum absolute atomic E-state index is 0.111. The van der Waals surface area contributed by atoms with Gasteiger partial charge in [0.15, 0.2) is 0 Å². The molecule has 3 aliphatic rings. The molecule has 4 rings (SSSR count). The molecular weight excluding hydrogens is 358 g/mol. The molecular formula is C21H31N3O4. The van der Waals surface area contributed by atoms with Crippen LogP contribution in [0.2, 0.25) is 0 Å². The van der Waals surface area contributed by atoms with E-state index >= 15 is 0 Å². The fourth-order valence-electron chi connectivity index (χ4n) is 4.44. The van der Waals surface area contributed by atoms with Crippen molar-refractivity contribution in [3.8, 4) is 5.75 Å². The van der Waals surface area contributed by atoms with Gasteiger partial charge in [0.05, 0.1) is 13.2 Å². The van der Waals surface area contributed by atoms with Crippen LogP contribution in [0.15, 0.2) is 24.3 Å². The van der Waals surface area contributed by atoms with Gasteiger partial charge in [-0.15, -0.1) is 0 Å². The molecule has 2 heterocycles. The van der Waals surface area contributed by atoms with Crippen LogP contribution in [0.1, 0.15) is 37.7 Å². The number of carbonyl (C=O) groups is 1. The van der Waals surface area contributed by atoms with Gasteiger partial charge in [0.2, 0.25) is 0 Å². The summed E-state index contributed by atoms with van der Waals surface area (Å²) in [6.07, 6.45) is 4.92. The van der Waals surface area contributed by atoms with Gasteiger partial charge in [-0.3, -0.25) is 0 Å². The Hall–Kier alpha value is -1.83. The van der Waals surface area contributed by atoms with Gasteiger partial charge in [0, 0.05) is 24.7 Å². The third-order valence-electron chi connectivity index (χ3n) is 6.32. The quantitative estimate of drug-likeness (QED) is 0.563. The van der Waals surface area contributed by atoms with Crippen LogP contribution >= 0.6 is 0 Å². The number of alkyl carbamates (subject to hydrolysis) is 1. The molecule has 3 fully saturated rings. The molecule has 1 amide bonds. The Balaban J connectivity index is 1.22. The van der Waals surface area contributed by atoms with Crippen molar-refractivity contribution in [3.05, 3.63) is 29.8 Å². The molecule has 0 radical (unpaired) electrons. The lowest BCUT2D eigenvalue weighted by Crippen LogP contribution is -2.42. The highest BCUT2D eigenvalue weighted by Gasteiger charge is 2.47. The van der Waals surface area contributed by atoms with Crippen LogP contribution in [0, 0.1) is 0 Å². The van der Waals surface area contributed by atoms with Crippen LogP contribution in [0.5, 0.6) is 5.75 Å². The molecule has 7 nitrogen and oxygen atoms in total. The zero-order valence-electron chi connectivity index (χ0n) is 16.4. The lowest BCUT2D eigenvalue weighted by molar-refractivity contribution is 0.0189. The molecule has 0 bridgehead atoms. The molecule has 2 saturated heterocycles. The zero-order chi connectivity index (χ0) is 19.6. The van der Waals surface area contributed by atoms with Crippen LogP contribution in [0.3, 0.4) is 0 Å². The predicted octanol–water partition coefficient (Wildman–Crippen LogP) is 1.34. The van der Waals surface area contributed by atoms with Crippen LogP contribution < -0.4 is 20.7 Å². The van der Waals surface area contributed by atoms with Gasteiger partial charge in [0.25, 0.3) is 0 Å². The first-order chi connectivity index (χ1) is 13.6. The average molecular weight is 389 g/mol. The fraction of sp³-hybridized carbons (Fsp3) is 0.667. The topological polar surface area (TPSA) is 91.8 Å². The van der Waals surface area contributed by atoms with Crippen molar-refractivity contribution in [1.82, 2.24) is 16.0 Å². The number of nitrogens with one attached hydrogen (secondary N) is 3. The third kappa shape index (κ3) is 4.59. The number of aliphatic hydroxyl groups excluding tert-OH is 1. The van der Waals surface area contributed by atoms with E-state index in [0.29, 0.717) is 31.1 Å². The summed E-state index contributed by atoms with van der Waals surface area (Å²) in [5.74, 6) is 0.805. The number of rotatable bonds is 7. The third-order valence-corrected chi connectivity index (χ3v) is 6.32. The highest BCUT2D eigenvalue weighted by molar-refractivity contribution is 5.67. The Labute approximate surface area is 166 Å². The van der Waals surface area contributed by atoms with E-state index in [0.717, 1.165) is 17.7 Å². The lowest BCUT2D eigenvalue weighted by Gasteiger charge is -2.22. The van der Waals surface area contributed by atoms with E-state index in [1.807, 2.05) is 24.3 Å². The summed E-state index contributed by atoms with van der Waals surface area (Å²) in [5, 5.41) is 20.0. The number of hydrogen-bond acceptors (Lipinski definition) is 6. The Morgan fingerprint density at radius 2 is 2.07 bits per heavy atom. The largest absolute Gasteiger partial charge is 0.497 e. The maximum absolute atomic E-state index is 12.2. The minimum atomic E-state index is -0.694. The van der Waals surface area contributed by atoms with Crippen LogP contribution in [-0.4, -0.2) is 61.2 Å². The van der Waals surface area contributed by atoms with E-state index < -0.39 is 18.3 Å². The van der Waals surface area contributed by atoms with E-state index in [1.165, 1.54) is 25.7 Å². The van der Waals surface area contributed by atoms with Crippen molar-refractivity contribution in [3.63, 3.8) is 0 Å². The van der Waals surface area contributed by atoms with Crippen LogP contribution in [0.4, 0.5) is 4.79 Å². The normalized spacial score (nSPS) is 30.4. The second kappa shape index (κ2) is 8.27. The van der Waals surface area contributed by atoms with Gasteiger partial charge in [-0.2, -0.15) is 0 Å².